The number of aryl methyl sites for hydroxylation is 1. The smallest absolute Gasteiger partial charge is 0.165 e. The zero-order valence-corrected chi connectivity index (χ0v) is 16.2. The summed E-state index contributed by atoms with van der Waals surface area (Å²) in [6.07, 6.45) is 0.919. The van der Waals surface area contributed by atoms with Crippen LogP contribution >= 0.6 is 22.7 Å². The van der Waals surface area contributed by atoms with Gasteiger partial charge in [0.2, 0.25) is 0 Å². The van der Waals surface area contributed by atoms with E-state index >= 15 is 0 Å². The second-order valence-corrected chi connectivity index (χ2v) is 7.42. The Bertz CT molecular complexity index is 800. The van der Waals surface area contributed by atoms with Crippen LogP contribution in [0, 0.1) is 6.92 Å². The predicted molar refractivity (Wildman–Crippen MR) is 104 cm³/mol. The predicted octanol–water partition coefficient (Wildman–Crippen LogP) is 4.60. The normalized spacial score (nSPS) is 12.1. The van der Waals surface area contributed by atoms with Crippen molar-refractivity contribution in [1.82, 2.24) is 10.3 Å². The Hall–Kier alpha value is -1.89. The van der Waals surface area contributed by atoms with Gasteiger partial charge in [-0.15, -0.1) is 11.3 Å². The first kappa shape index (κ1) is 17.9. The highest BCUT2D eigenvalue weighted by Crippen LogP contribution is 2.31. The summed E-state index contributed by atoms with van der Waals surface area (Å²) in [6, 6.07) is 8.30. The van der Waals surface area contributed by atoms with Crippen molar-refractivity contribution >= 4 is 22.7 Å². The highest BCUT2D eigenvalue weighted by molar-refractivity contribution is 7.09. The van der Waals surface area contributed by atoms with Crippen LogP contribution in [-0.2, 0) is 13.0 Å². The molecule has 0 spiro atoms. The summed E-state index contributed by atoms with van der Waals surface area (Å²) in [5.74, 6) is 1.53. The maximum absolute atomic E-state index is 5.54. The topological polar surface area (TPSA) is 43.4 Å². The minimum absolute atomic E-state index is 0.171. The average Bonchev–Trinajstić information content (AvgIpc) is 3.29. The van der Waals surface area contributed by atoms with Crippen LogP contribution in [0.1, 0.15) is 27.9 Å². The van der Waals surface area contributed by atoms with Gasteiger partial charge in [-0.1, -0.05) is 12.1 Å². The van der Waals surface area contributed by atoms with Crippen molar-refractivity contribution in [3.63, 3.8) is 0 Å². The largest absolute Gasteiger partial charge is 0.493 e. The molecule has 0 aliphatic rings. The minimum Gasteiger partial charge on any atom is -0.493 e. The van der Waals surface area contributed by atoms with Gasteiger partial charge in [0, 0.05) is 23.2 Å². The van der Waals surface area contributed by atoms with Crippen LogP contribution in [0.15, 0.2) is 40.4 Å². The summed E-state index contributed by atoms with van der Waals surface area (Å²) in [5, 5.41) is 11.2. The fraction of sp³-hybridized carbons (Fsp3) is 0.316. The Balaban J connectivity index is 1.79. The number of methoxy groups -OCH3 is 2. The molecule has 1 unspecified atom stereocenters. The van der Waals surface area contributed by atoms with Gasteiger partial charge in [-0.25, -0.2) is 4.98 Å². The summed E-state index contributed by atoms with van der Waals surface area (Å²) in [6.45, 7) is 2.72. The average molecular weight is 375 g/mol. The van der Waals surface area contributed by atoms with E-state index in [4.69, 9.17) is 9.47 Å². The maximum Gasteiger partial charge on any atom is 0.165 e. The molecule has 1 aromatic carbocycles. The molecule has 0 radical (unpaired) electrons. The van der Waals surface area contributed by atoms with E-state index < -0.39 is 0 Å². The van der Waals surface area contributed by atoms with Crippen molar-refractivity contribution < 1.29 is 9.47 Å². The van der Waals surface area contributed by atoms with Crippen molar-refractivity contribution in [2.45, 2.75) is 25.9 Å². The van der Waals surface area contributed by atoms with Gasteiger partial charge in [0.05, 0.1) is 20.3 Å². The van der Waals surface area contributed by atoms with Crippen LogP contribution in [0.4, 0.5) is 0 Å². The van der Waals surface area contributed by atoms with E-state index in [-0.39, 0.29) is 6.04 Å². The van der Waals surface area contributed by atoms with E-state index in [1.807, 2.05) is 19.1 Å². The van der Waals surface area contributed by atoms with Gasteiger partial charge in [0.25, 0.3) is 0 Å². The molecule has 0 bridgehead atoms. The van der Waals surface area contributed by atoms with Crippen LogP contribution in [0.3, 0.4) is 0 Å². The van der Waals surface area contributed by atoms with Crippen LogP contribution < -0.4 is 14.8 Å². The Morgan fingerprint density at radius 2 is 2.04 bits per heavy atom. The SMILES string of the molecule is COc1cccc(CNC(Cc2ccsc2)c2nc(C)cs2)c1OC. The van der Waals surface area contributed by atoms with Crippen LogP contribution in [-0.4, -0.2) is 19.2 Å². The number of rotatable bonds is 8. The van der Waals surface area contributed by atoms with Crippen molar-refractivity contribution in [1.29, 1.82) is 0 Å². The highest BCUT2D eigenvalue weighted by Gasteiger charge is 2.17. The van der Waals surface area contributed by atoms with Crippen molar-refractivity contribution in [3.8, 4) is 11.5 Å². The van der Waals surface area contributed by atoms with E-state index in [1.54, 1.807) is 36.9 Å². The minimum atomic E-state index is 0.171. The van der Waals surface area contributed by atoms with Crippen molar-refractivity contribution in [2.75, 3.05) is 14.2 Å². The molecule has 6 heteroatoms. The second kappa shape index (κ2) is 8.47. The number of thiazole rings is 1. The van der Waals surface area contributed by atoms with E-state index in [1.165, 1.54) is 5.56 Å². The molecule has 4 nitrogen and oxygen atoms in total. The zero-order valence-electron chi connectivity index (χ0n) is 14.6. The molecule has 2 heterocycles. The lowest BCUT2D eigenvalue weighted by Crippen LogP contribution is -2.23. The fourth-order valence-electron chi connectivity index (χ4n) is 2.75. The van der Waals surface area contributed by atoms with Crippen LogP contribution in [0.5, 0.6) is 11.5 Å². The Morgan fingerprint density at radius 3 is 2.68 bits per heavy atom. The molecule has 2 aromatic heterocycles. The molecule has 0 fully saturated rings. The third-order valence-corrected chi connectivity index (χ3v) is 5.79. The van der Waals surface area contributed by atoms with Crippen LogP contribution in [0.2, 0.25) is 0 Å². The number of nitrogens with one attached hydrogen (secondary N) is 1. The fourth-order valence-corrected chi connectivity index (χ4v) is 4.30. The summed E-state index contributed by atoms with van der Waals surface area (Å²) in [5.41, 5.74) is 3.47. The number of hydrogen-bond acceptors (Lipinski definition) is 6. The number of ether oxygens (including phenoxy) is 2. The first-order valence-corrected chi connectivity index (χ1v) is 9.90. The molecule has 0 aliphatic heterocycles. The zero-order chi connectivity index (χ0) is 17.6. The Labute approximate surface area is 156 Å². The quantitative estimate of drug-likeness (QED) is 0.626. The molecule has 132 valence electrons. The number of nitrogens with zero attached hydrogens (tertiary/aromatic N) is 1. The monoisotopic (exact) mass is 374 g/mol. The highest BCUT2D eigenvalue weighted by atomic mass is 32.1. The lowest BCUT2D eigenvalue weighted by Gasteiger charge is -2.18. The lowest BCUT2D eigenvalue weighted by atomic mass is 10.1. The van der Waals surface area contributed by atoms with Gasteiger partial charge in [-0.05, 0) is 41.8 Å². The van der Waals surface area contributed by atoms with Gasteiger partial charge >= 0.3 is 0 Å². The summed E-state index contributed by atoms with van der Waals surface area (Å²) in [7, 11) is 3.33. The van der Waals surface area contributed by atoms with Crippen molar-refractivity contribution in [3.05, 3.63) is 62.2 Å². The molecule has 3 aromatic rings. The molecule has 0 saturated heterocycles. The van der Waals surface area contributed by atoms with E-state index in [0.29, 0.717) is 6.54 Å². The standard InChI is InChI=1S/C19H22N2O2S2/c1-13-11-25-19(21-13)16(9-14-7-8-24-12-14)20-10-15-5-4-6-17(22-2)18(15)23-3/h4-8,11-12,16,20H,9-10H2,1-3H3. The van der Waals surface area contributed by atoms with Crippen molar-refractivity contribution in [2.24, 2.45) is 0 Å². The first-order valence-electron chi connectivity index (χ1n) is 8.07. The Morgan fingerprint density at radius 1 is 1.16 bits per heavy atom. The molecule has 0 aliphatic carbocycles. The maximum atomic E-state index is 5.54. The molecule has 0 amide bonds. The number of aromatic nitrogens is 1. The summed E-state index contributed by atoms with van der Waals surface area (Å²) in [4.78, 5) is 4.68. The lowest BCUT2D eigenvalue weighted by molar-refractivity contribution is 0.349. The van der Waals surface area contributed by atoms with E-state index in [0.717, 1.165) is 34.2 Å². The number of benzene rings is 1. The third kappa shape index (κ3) is 4.39. The third-order valence-electron chi connectivity index (χ3n) is 3.98. The number of para-hydroxylation sites is 1. The number of thiophene rings is 1. The Kier molecular flexibility index (Phi) is 6.07. The summed E-state index contributed by atoms with van der Waals surface area (Å²) < 4.78 is 10.9. The molecular weight excluding hydrogens is 352 g/mol. The molecule has 1 atom stereocenters. The van der Waals surface area contributed by atoms with Gasteiger partial charge in [0.15, 0.2) is 11.5 Å². The second-order valence-electron chi connectivity index (χ2n) is 5.75. The summed E-state index contributed by atoms with van der Waals surface area (Å²) >= 11 is 3.43. The molecule has 3 rings (SSSR count). The number of hydrogen-bond donors (Lipinski definition) is 1. The molecule has 1 N–H and O–H groups in total. The molecular formula is C19H22N2O2S2. The van der Waals surface area contributed by atoms with Crippen LogP contribution in [0.25, 0.3) is 0 Å². The van der Waals surface area contributed by atoms with E-state index in [2.05, 4.69) is 38.6 Å². The molecule has 25 heavy (non-hydrogen) atoms. The van der Waals surface area contributed by atoms with Gasteiger partial charge in [-0.2, -0.15) is 11.3 Å². The van der Waals surface area contributed by atoms with E-state index in [9.17, 15) is 0 Å². The van der Waals surface area contributed by atoms with Gasteiger partial charge in [-0.3, -0.25) is 0 Å². The first-order chi connectivity index (χ1) is 12.2. The van der Waals surface area contributed by atoms with Gasteiger partial charge in [0.1, 0.15) is 5.01 Å². The van der Waals surface area contributed by atoms with Gasteiger partial charge < -0.3 is 14.8 Å². The molecule has 0 saturated carbocycles.